The zero-order valence-electron chi connectivity index (χ0n) is 14.4. The third-order valence-electron chi connectivity index (χ3n) is 5.43. The highest BCUT2D eigenvalue weighted by atomic mass is 19.1. The molecule has 2 amide bonds. The molecule has 1 saturated heterocycles. The van der Waals surface area contributed by atoms with Gasteiger partial charge in [0.25, 0.3) is 0 Å². The Kier molecular flexibility index (Phi) is 3.67. The molecule has 2 aliphatic heterocycles. The van der Waals surface area contributed by atoms with Gasteiger partial charge in [-0.3, -0.25) is 0 Å². The number of anilines is 1. The summed E-state index contributed by atoms with van der Waals surface area (Å²) in [6.07, 6.45) is 6.74. The molecule has 3 aromatic rings. The second-order valence-corrected chi connectivity index (χ2v) is 6.90. The molecule has 136 valence electrons. The third-order valence-corrected chi connectivity index (χ3v) is 5.43. The molecule has 0 spiro atoms. The summed E-state index contributed by atoms with van der Waals surface area (Å²) in [5.74, 6) is 0.265. The molecule has 2 aliphatic rings. The minimum Gasteiger partial charge on any atom is -0.444 e. The molecule has 5 rings (SSSR count). The first-order chi connectivity index (χ1) is 13.2. The largest absolute Gasteiger partial charge is 0.444 e. The minimum absolute atomic E-state index is 0.00895. The molecule has 4 heterocycles. The van der Waals surface area contributed by atoms with E-state index in [-0.39, 0.29) is 18.1 Å². The zero-order chi connectivity index (χ0) is 18.4. The van der Waals surface area contributed by atoms with Crippen LogP contribution >= 0.6 is 0 Å². The van der Waals surface area contributed by atoms with Gasteiger partial charge in [0, 0.05) is 29.1 Å². The van der Waals surface area contributed by atoms with Gasteiger partial charge in [0.2, 0.25) is 5.95 Å². The summed E-state index contributed by atoms with van der Waals surface area (Å²) in [7, 11) is 0. The number of carbonyl (C=O) groups excluding carboxylic acids is 1. The highest BCUT2D eigenvalue weighted by molar-refractivity contribution is 5.90. The van der Waals surface area contributed by atoms with E-state index in [9.17, 15) is 9.18 Å². The molecule has 27 heavy (non-hydrogen) atoms. The van der Waals surface area contributed by atoms with Crippen LogP contribution in [0.1, 0.15) is 30.0 Å². The molecule has 2 bridgehead atoms. The number of nitrogens with zero attached hydrogens (tertiary/aromatic N) is 3. The van der Waals surface area contributed by atoms with Crippen LogP contribution in [0.25, 0.3) is 11.3 Å². The Labute approximate surface area is 155 Å². The number of nitrogens with one attached hydrogen (secondary N) is 1. The number of fused-ring (bicyclic) bond motifs is 4. The molecule has 2 atom stereocenters. The maximum atomic E-state index is 14.0. The van der Waals surface area contributed by atoms with Gasteiger partial charge < -0.3 is 14.6 Å². The van der Waals surface area contributed by atoms with Gasteiger partial charge in [0.05, 0.1) is 12.2 Å². The maximum absolute atomic E-state index is 14.0. The van der Waals surface area contributed by atoms with Crippen LogP contribution in [0, 0.1) is 5.95 Å². The van der Waals surface area contributed by atoms with Crippen molar-refractivity contribution >= 4 is 11.7 Å². The normalized spacial score (nSPS) is 20.4. The van der Waals surface area contributed by atoms with Crippen molar-refractivity contribution in [1.82, 2.24) is 14.9 Å². The molecule has 0 aliphatic carbocycles. The van der Waals surface area contributed by atoms with Crippen molar-refractivity contribution in [2.75, 3.05) is 5.32 Å². The second kappa shape index (κ2) is 6.19. The predicted molar refractivity (Wildman–Crippen MR) is 96.5 cm³/mol. The number of amides is 2. The van der Waals surface area contributed by atoms with Crippen molar-refractivity contribution in [3.05, 3.63) is 66.2 Å². The van der Waals surface area contributed by atoms with Crippen molar-refractivity contribution in [3.8, 4) is 11.3 Å². The Morgan fingerprint density at radius 2 is 2.07 bits per heavy atom. The van der Waals surface area contributed by atoms with Gasteiger partial charge >= 0.3 is 6.03 Å². The van der Waals surface area contributed by atoms with Crippen molar-refractivity contribution in [2.24, 2.45) is 0 Å². The number of oxazole rings is 1. The summed E-state index contributed by atoms with van der Waals surface area (Å²) in [5.41, 5.74) is 3.13. The molecule has 0 saturated carbocycles. The van der Waals surface area contributed by atoms with Crippen molar-refractivity contribution in [1.29, 1.82) is 0 Å². The van der Waals surface area contributed by atoms with E-state index in [2.05, 4.69) is 15.3 Å². The lowest BCUT2D eigenvalue weighted by Crippen LogP contribution is -2.44. The number of rotatable bonds is 2. The molecule has 0 radical (unpaired) electrons. The van der Waals surface area contributed by atoms with Crippen LogP contribution in [0.2, 0.25) is 0 Å². The van der Waals surface area contributed by atoms with E-state index in [1.807, 2.05) is 35.2 Å². The molecule has 7 heteroatoms. The predicted octanol–water partition coefficient (Wildman–Crippen LogP) is 4.17. The second-order valence-electron chi connectivity index (χ2n) is 6.90. The van der Waals surface area contributed by atoms with Crippen LogP contribution in [0.5, 0.6) is 0 Å². The van der Waals surface area contributed by atoms with Crippen LogP contribution in [-0.2, 0) is 6.42 Å². The molecule has 6 nitrogen and oxygen atoms in total. The Balaban J connectivity index is 1.36. The Hall–Kier alpha value is -3.22. The summed E-state index contributed by atoms with van der Waals surface area (Å²) < 4.78 is 19.3. The number of urea groups is 1. The van der Waals surface area contributed by atoms with Crippen molar-refractivity contribution in [2.45, 2.75) is 31.3 Å². The number of hydrogen-bond acceptors (Lipinski definition) is 4. The van der Waals surface area contributed by atoms with Gasteiger partial charge in [-0.2, -0.15) is 4.39 Å². The van der Waals surface area contributed by atoms with Gasteiger partial charge in [-0.05, 0) is 55.2 Å². The molecule has 1 aromatic carbocycles. The Morgan fingerprint density at radius 3 is 2.85 bits per heavy atom. The quantitative estimate of drug-likeness (QED) is 0.693. The van der Waals surface area contributed by atoms with Gasteiger partial charge in [0.15, 0.2) is 12.2 Å². The SMILES string of the molecule is O=C(Nc1ccc(-c2cnco2)cc1)N1[C@@H]2CC[C@H]1c1ccnc(F)c1C2. The fraction of sp³-hybridized carbons (Fsp3) is 0.250. The molecule has 0 unspecified atom stereocenters. The molecular formula is C20H17FN4O2. The number of halogens is 1. The van der Waals surface area contributed by atoms with Crippen LogP contribution in [0.15, 0.2) is 53.5 Å². The van der Waals surface area contributed by atoms with E-state index in [1.54, 1.807) is 6.20 Å². The number of pyridine rings is 1. The van der Waals surface area contributed by atoms with E-state index in [1.165, 1.54) is 12.6 Å². The van der Waals surface area contributed by atoms with E-state index < -0.39 is 5.95 Å². The van der Waals surface area contributed by atoms with Crippen LogP contribution in [-0.4, -0.2) is 26.9 Å². The minimum atomic E-state index is -0.410. The number of benzene rings is 1. The van der Waals surface area contributed by atoms with Gasteiger partial charge in [-0.25, -0.2) is 14.8 Å². The summed E-state index contributed by atoms with van der Waals surface area (Å²) in [4.78, 5) is 22.4. The number of hydrogen-bond donors (Lipinski definition) is 1. The van der Waals surface area contributed by atoms with Crippen LogP contribution in [0.3, 0.4) is 0 Å². The lowest BCUT2D eigenvalue weighted by molar-refractivity contribution is 0.178. The van der Waals surface area contributed by atoms with Gasteiger partial charge in [-0.1, -0.05) is 0 Å². The van der Waals surface area contributed by atoms with Crippen molar-refractivity contribution < 1.29 is 13.6 Å². The monoisotopic (exact) mass is 364 g/mol. The Bertz CT molecular complexity index is 988. The topological polar surface area (TPSA) is 71.3 Å². The molecular weight excluding hydrogens is 347 g/mol. The average molecular weight is 364 g/mol. The van der Waals surface area contributed by atoms with Gasteiger partial charge in [-0.15, -0.1) is 0 Å². The fourth-order valence-corrected chi connectivity index (χ4v) is 4.19. The first kappa shape index (κ1) is 16.0. The highest BCUT2D eigenvalue weighted by Gasteiger charge is 2.43. The summed E-state index contributed by atoms with van der Waals surface area (Å²) in [5, 5.41) is 2.96. The van der Waals surface area contributed by atoms with E-state index in [4.69, 9.17) is 4.42 Å². The number of aromatic nitrogens is 2. The average Bonchev–Trinajstić information content (AvgIpc) is 3.31. The first-order valence-corrected chi connectivity index (χ1v) is 8.92. The lowest BCUT2D eigenvalue weighted by Gasteiger charge is -2.36. The molecule has 1 fully saturated rings. The summed E-state index contributed by atoms with van der Waals surface area (Å²) in [6, 6.07) is 9.00. The smallest absolute Gasteiger partial charge is 0.322 e. The van der Waals surface area contributed by atoms with Crippen molar-refractivity contribution in [3.63, 3.8) is 0 Å². The van der Waals surface area contributed by atoms with Gasteiger partial charge in [0.1, 0.15) is 0 Å². The third kappa shape index (κ3) is 2.66. The van der Waals surface area contributed by atoms with Crippen LogP contribution < -0.4 is 5.32 Å². The summed E-state index contributed by atoms with van der Waals surface area (Å²) in [6.45, 7) is 0. The van der Waals surface area contributed by atoms with E-state index >= 15 is 0 Å². The zero-order valence-corrected chi connectivity index (χ0v) is 14.4. The lowest BCUT2D eigenvalue weighted by atomic mass is 9.95. The molecule has 2 aromatic heterocycles. The first-order valence-electron chi connectivity index (χ1n) is 8.92. The van der Waals surface area contributed by atoms with E-state index in [0.29, 0.717) is 23.4 Å². The molecule has 1 N–H and O–H groups in total. The Morgan fingerprint density at radius 1 is 1.22 bits per heavy atom. The maximum Gasteiger partial charge on any atom is 0.322 e. The summed E-state index contributed by atoms with van der Waals surface area (Å²) >= 11 is 0. The van der Waals surface area contributed by atoms with Crippen LogP contribution in [0.4, 0.5) is 14.9 Å². The highest BCUT2D eigenvalue weighted by Crippen LogP contribution is 2.44. The standard InChI is InChI=1S/C20H17FN4O2/c21-19-16-9-14-5-6-17(15(16)7-8-23-19)25(14)20(26)24-13-3-1-12(2-4-13)18-10-22-11-27-18/h1-4,7-8,10-11,14,17H,5-6,9H2,(H,24,26)/t14-,17+/m1/s1. The fourth-order valence-electron chi connectivity index (χ4n) is 4.19. The number of carbonyl (C=O) groups is 1. The van der Waals surface area contributed by atoms with E-state index in [0.717, 1.165) is 24.0 Å².